The van der Waals surface area contributed by atoms with E-state index in [1.54, 1.807) is 34.8 Å². The molecule has 0 saturated carbocycles. The normalized spacial score (nSPS) is 12.2. The molecule has 40 heavy (non-hydrogen) atoms. The Kier molecular flexibility index (Phi) is 9.45. The maximum Gasteiger partial charge on any atom is 0.416 e. The van der Waals surface area contributed by atoms with E-state index in [1.807, 2.05) is 14.0 Å². The third-order valence-corrected chi connectivity index (χ3v) is 8.46. The molecule has 14 heteroatoms. The van der Waals surface area contributed by atoms with Gasteiger partial charge in [0.1, 0.15) is 11.6 Å². The zero-order chi connectivity index (χ0) is 29.9. The number of aromatic nitrogens is 4. The molecular weight excluding hydrogens is 578 g/mol. The Morgan fingerprint density at radius 3 is 1.68 bits per heavy atom. The number of imidazole rings is 2. The van der Waals surface area contributed by atoms with Crippen molar-refractivity contribution in [3.8, 4) is 22.8 Å². The van der Waals surface area contributed by atoms with Crippen LogP contribution in [0.5, 0.6) is 0 Å². The maximum absolute atomic E-state index is 12.8. The molecule has 2 aromatic heterocycles. The highest BCUT2D eigenvalue weighted by Crippen LogP contribution is 2.37. The van der Waals surface area contributed by atoms with Crippen LogP contribution in [0.25, 0.3) is 22.8 Å². The molecule has 0 amide bonds. The quantitative estimate of drug-likeness (QED) is 0.173. The molecule has 2 aromatic carbocycles. The predicted octanol–water partition coefficient (Wildman–Crippen LogP) is 7.12. The van der Waals surface area contributed by atoms with Crippen LogP contribution in [0.2, 0.25) is 0 Å². The molecule has 0 bridgehead atoms. The number of hydrogen-bond donors (Lipinski definition) is 0. The van der Waals surface area contributed by atoms with Gasteiger partial charge < -0.3 is 9.13 Å². The first kappa shape index (κ1) is 31.3. The SMILES string of the molecule is CCS(=O)(=O)c1cc(C(F)(F)F)ccc1-c1nccn1C.CCSc1cc(C(F)(F)F)ccc1-c1nccn1C. The summed E-state index contributed by atoms with van der Waals surface area (Å²) in [5.41, 5.74) is -0.724. The van der Waals surface area contributed by atoms with Gasteiger partial charge in [0.15, 0.2) is 9.84 Å². The molecule has 0 spiro atoms. The van der Waals surface area contributed by atoms with Crippen LogP contribution in [0.3, 0.4) is 0 Å². The van der Waals surface area contributed by atoms with Gasteiger partial charge in [0, 0.05) is 54.9 Å². The molecule has 6 nitrogen and oxygen atoms in total. The Bertz CT molecular complexity index is 1570. The lowest BCUT2D eigenvalue weighted by molar-refractivity contribution is -0.138. The van der Waals surface area contributed by atoms with Crippen LogP contribution < -0.4 is 0 Å². The van der Waals surface area contributed by atoms with E-state index >= 15 is 0 Å². The van der Waals surface area contributed by atoms with Gasteiger partial charge in [-0.3, -0.25) is 0 Å². The van der Waals surface area contributed by atoms with E-state index in [4.69, 9.17) is 0 Å². The highest BCUT2D eigenvalue weighted by atomic mass is 32.2. The number of nitrogens with zero attached hydrogens (tertiary/aromatic N) is 4. The van der Waals surface area contributed by atoms with Gasteiger partial charge in [0.05, 0.1) is 21.8 Å². The van der Waals surface area contributed by atoms with Crippen molar-refractivity contribution in [1.29, 1.82) is 0 Å². The Hall–Kier alpha value is -3.26. The number of aryl methyl sites for hydroxylation is 2. The van der Waals surface area contributed by atoms with E-state index in [1.165, 1.54) is 37.0 Å². The van der Waals surface area contributed by atoms with E-state index < -0.39 is 33.3 Å². The second kappa shape index (κ2) is 12.1. The van der Waals surface area contributed by atoms with Crippen LogP contribution >= 0.6 is 11.8 Å². The molecule has 0 atom stereocenters. The topological polar surface area (TPSA) is 69.8 Å². The van der Waals surface area contributed by atoms with Crippen LogP contribution in [-0.4, -0.2) is 39.0 Å². The summed E-state index contributed by atoms with van der Waals surface area (Å²) in [6.07, 6.45) is -2.47. The maximum atomic E-state index is 12.8. The average molecular weight is 605 g/mol. The van der Waals surface area contributed by atoms with Gasteiger partial charge in [0.25, 0.3) is 0 Å². The highest BCUT2D eigenvalue weighted by Gasteiger charge is 2.33. The first-order chi connectivity index (χ1) is 18.6. The predicted molar refractivity (Wildman–Crippen MR) is 141 cm³/mol. The minimum absolute atomic E-state index is 0.164. The van der Waals surface area contributed by atoms with Gasteiger partial charge in [0.2, 0.25) is 0 Å². The third-order valence-electron chi connectivity index (χ3n) is 5.76. The minimum atomic E-state index is -4.60. The summed E-state index contributed by atoms with van der Waals surface area (Å²) in [6, 6.07) is 6.46. The van der Waals surface area contributed by atoms with Gasteiger partial charge in [-0.15, -0.1) is 11.8 Å². The van der Waals surface area contributed by atoms with E-state index in [0.717, 1.165) is 23.8 Å². The minimum Gasteiger partial charge on any atom is -0.334 e. The number of benzene rings is 2. The van der Waals surface area contributed by atoms with Crippen LogP contribution in [0.1, 0.15) is 25.0 Å². The molecule has 0 aliphatic heterocycles. The molecule has 0 unspecified atom stereocenters. The number of hydrogen-bond acceptors (Lipinski definition) is 5. The van der Waals surface area contributed by atoms with Gasteiger partial charge in [-0.2, -0.15) is 26.3 Å². The van der Waals surface area contributed by atoms with Crippen molar-refractivity contribution < 1.29 is 34.8 Å². The monoisotopic (exact) mass is 604 g/mol. The lowest BCUT2D eigenvalue weighted by Gasteiger charge is -2.13. The summed E-state index contributed by atoms with van der Waals surface area (Å²) in [6.45, 7) is 3.30. The number of sulfone groups is 1. The van der Waals surface area contributed by atoms with Crippen molar-refractivity contribution in [2.45, 2.75) is 36.0 Å². The van der Waals surface area contributed by atoms with Crippen molar-refractivity contribution in [3.63, 3.8) is 0 Å². The lowest BCUT2D eigenvalue weighted by Crippen LogP contribution is -2.11. The molecule has 0 aliphatic carbocycles. The second-order valence-corrected chi connectivity index (χ2v) is 12.0. The van der Waals surface area contributed by atoms with E-state index in [9.17, 15) is 34.8 Å². The summed E-state index contributed by atoms with van der Waals surface area (Å²) in [5, 5.41) is 0. The van der Waals surface area contributed by atoms with E-state index in [-0.39, 0.29) is 16.2 Å². The molecular formula is C26H26F6N4O2S2. The van der Waals surface area contributed by atoms with Crippen LogP contribution in [-0.2, 0) is 36.3 Å². The van der Waals surface area contributed by atoms with Gasteiger partial charge in [-0.25, -0.2) is 18.4 Å². The molecule has 0 fully saturated rings. The second-order valence-electron chi connectivity index (χ2n) is 8.48. The van der Waals surface area contributed by atoms with Crippen LogP contribution in [0.15, 0.2) is 71.0 Å². The standard InChI is InChI=1S/C13H13F3N2O2S.C13H13F3N2S/c1-3-21(19,20)11-8-9(13(14,15)16)4-5-10(11)12-17-6-7-18(12)2;1-3-19-11-8-9(13(14,15)16)4-5-10(11)12-17-6-7-18(12)2/h4-8H,3H2,1-2H3;4-8H,3H2,1-2H3. The van der Waals surface area contributed by atoms with Crippen molar-refractivity contribution in [2.24, 2.45) is 14.1 Å². The first-order valence-corrected chi connectivity index (χ1v) is 14.5. The van der Waals surface area contributed by atoms with Gasteiger partial charge in [-0.05, 0) is 42.2 Å². The number of alkyl halides is 6. The molecule has 0 N–H and O–H groups in total. The van der Waals surface area contributed by atoms with Crippen LogP contribution in [0, 0.1) is 0 Å². The van der Waals surface area contributed by atoms with Crippen molar-refractivity contribution in [2.75, 3.05) is 11.5 Å². The third kappa shape index (κ3) is 7.08. The Morgan fingerprint density at radius 2 is 1.25 bits per heavy atom. The largest absolute Gasteiger partial charge is 0.416 e. The van der Waals surface area contributed by atoms with Crippen LogP contribution in [0.4, 0.5) is 26.3 Å². The van der Waals surface area contributed by atoms with Crippen molar-refractivity contribution in [3.05, 3.63) is 72.3 Å². The lowest BCUT2D eigenvalue weighted by atomic mass is 10.1. The zero-order valence-electron chi connectivity index (χ0n) is 21.9. The summed E-state index contributed by atoms with van der Waals surface area (Å²) >= 11 is 1.39. The fourth-order valence-corrected chi connectivity index (χ4v) is 5.65. The number of halogens is 6. The molecule has 2 heterocycles. The molecule has 4 aromatic rings. The molecule has 216 valence electrons. The van der Waals surface area contributed by atoms with Gasteiger partial charge >= 0.3 is 12.4 Å². The Labute approximate surface area is 232 Å². The van der Waals surface area contributed by atoms with Gasteiger partial charge in [-0.1, -0.05) is 13.8 Å². The Morgan fingerprint density at radius 1 is 0.775 bits per heavy atom. The first-order valence-electron chi connectivity index (χ1n) is 11.8. The van der Waals surface area contributed by atoms with Crippen molar-refractivity contribution in [1.82, 2.24) is 19.1 Å². The number of thioether (sulfide) groups is 1. The Balaban J connectivity index is 0.000000222. The fourth-order valence-electron chi connectivity index (χ4n) is 3.70. The summed E-state index contributed by atoms with van der Waals surface area (Å²) in [7, 11) is -0.347. The molecule has 4 rings (SSSR count). The van der Waals surface area contributed by atoms with E-state index in [0.29, 0.717) is 28.4 Å². The van der Waals surface area contributed by atoms with Crippen molar-refractivity contribution >= 4 is 21.6 Å². The smallest absolute Gasteiger partial charge is 0.334 e. The average Bonchev–Trinajstić information content (AvgIpc) is 3.51. The number of rotatable bonds is 6. The zero-order valence-corrected chi connectivity index (χ0v) is 23.5. The van der Waals surface area contributed by atoms with E-state index in [2.05, 4.69) is 9.97 Å². The molecule has 0 aliphatic rings. The molecule has 0 radical (unpaired) electrons. The summed E-state index contributed by atoms with van der Waals surface area (Å²) < 4.78 is 104. The fraction of sp³-hybridized carbons (Fsp3) is 0.308. The molecule has 0 saturated heterocycles. The summed E-state index contributed by atoms with van der Waals surface area (Å²) in [4.78, 5) is 8.44. The highest BCUT2D eigenvalue weighted by molar-refractivity contribution is 7.99. The summed E-state index contributed by atoms with van der Waals surface area (Å²) in [5.74, 6) is 1.39.